The van der Waals surface area contributed by atoms with Crippen molar-refractivity contribution in [1.29, 1.82) is 0 Å². The third-order valence-electron chi connectivity index (χ3n) is 5.38. The highest BCUT2D eigenvalue weighted by Gasteiger charge is 2.32. The fourth-order valence-electron chi connectivity index (χ4n) is 3.95. The van der Waals surface area contributed by atoms with E-state index >= 15 is 0 Å². The van der Waals surface area contributed by atoms with Crippen LogP contribution >= 0.6 is 0 Å². The van der Waals surface area contributed by atoms with Crippen LogP contribution in [-0.2, 0) is 15.9 Å². The van der Waals surface area contributed by atoms with Gasteiger partial charge in [-0.2, -0.15) is 0 Å². The minimum Gasteiger partial charge on any atom is -0.375 e. The molecule has 4 rings (SSSR count). The monoisotopic (exact) mass is 371 g/mol. The normalized spacial score (nSPS) is 23.9. The molecule has 0 bridgehead atoms. The molecule has 0 spiro atoms. The zero-order valence-corrected chi connectivity index (χ0v) is 16.2. The van der Waals surface area contributed by atoms with Crippen molar-refractivity contribution < 1.29 is 9.47 Å². The molecule has 1 N–H and O–H groups in total. The first-order valence-electron chi connectivity index (χ1n) is 9.86. The van der Waals surface area contributed by atoms with Crippen LogP contribution in [0.5, 0.6) is 0 Å². The Balaban J connectivity index is 1.32. The number of nitrogens with one attached hydrogen (secondary N) is 1. The number of hydrogen-bond donors (Lipinski definition) is 1. The Hall–Kier alpha value is -2.12. The summed E-state index contributed by atoms with van der Waals surface area (Å²) in [5, 5.41) is 3.49. The zero-order valence-electron chi connectivity index (χ0n) is 16.2. The van der Waals surface area contributed by atoms with Crippen LogP contribution in [0.25, 0.3) is 5.65 Å². The Bertz CT molecular complexity index is 797. The quantitative estimate of drug-likeness (QED) is 0.654. The molecule has 27 heavy (non-hydrogen) atoms. The van der Waals surface area contributed by atoms with Crippen LogP contribution in [0.2, 0.25) is 0 Å². The molecule has 0 saturated carbocycles. The summed E-state index contributed by atoms with van der Waals surface area (Å²) in [7, 11) is 1.84. The molecule has 2 aliphatic heterocycles. The Morgan fingerprint density at radius 2 is 2.22 bits per heavy atom. The van der Waals surface area contributed by atoms with E-state index in [1.54, 1.807) is 0 Å². The second kappa shape index (κ2) is 8.27. The summed E-state index contributed by atoms with van der Waals surface area (Å²) in [6.45, 7) is 6.16. The van der Waals surface area contributed by atoms with Crippen LogP contribution in [0.15, 0.2) is 29.5 Å². The van der Waals surface area contributed by atoms with Gasteiger partial charge in [0.15, 0.2) is 5.96 Å². The number of imidazole rings is 1. The number of hydrogen-bond acceptors (Lipinski definition) is 4. The van der Waals surface area contributed by atoms with Gasteiger partial charge < -0.3 is 24.1 Å². The maximum absolute atomic E-state index is 5.94. The predicted molar refractivity (Wildman–Crippen MR) is 105 cm³/mol. The second-order valence-corrected chi connectivity index (χ2v) is 7.29. The molecule has 0 radical (unpaired) electrons. The smallest absolute Gasteiger partial charge is 0.193 e. The maximum atomic E-state index is 5.94. The van der Waals surface area contributed by atoms with Crippen molar-refractivity contribution in [1.82, 2.24) is 19.6 Å². The number of pyridine rings is 1. The Morgan fingerprint density at radius 1 is 1.33 bits per heavy atom. The van der Waals surface area contributed by atoms with E-state index in [-0.39, 0.29) is 12.2 Å². The number of guanidine groups is 1. The van der Waals surface area contributed by atoms with Crippen LogP contribution in [-0.4, -0.2) is 72.3 Å². The Kier molecular flexibility index (Phi) is 5.59. The van der Waals surface area contributed by atoms with E-state index < -0.39 is 0 Å². The van der Waals surface area contributed by atoms with Gasteiger partial charge >= 0.3 is 0 Å². The molecule has 2 aromatic rings. The van der Waals surface area contributed by atoms with Crippen molar-refractivity contribution in [3.8, 4) is 0 Å². The average Bonchev–Trinajstić information content (AvgIpc) is 3.36. The standard InChI is InChI=1S/C20H29N5O2/c1-15-5-3-9-24-13-16(23-19(15)24)7-8-22-20(21-2)25-10-12-27-18(14-25)17-6-4-11-26-17/h3,5,9,13,17-18H,4,6-8,10-12,14H2,1-2H3,(H,21,22). The maximum Gasteiger partial charge on any atom is 0.193 e. The third kappa shape index (κ3) is 4.09. The number of morpholine rings is 1. The first kappa shape index (κ1) is 18.3. The molecule has 146 valence electrons. The van der Waals surface area contributed by atoms with E-state index in [9.17, 15) is 0 Å². The highest BCUT2D eigenvalue weighted by Crippen LogP contribution is 2.21. The zero-order chi connectivity index (χ0) is 18.6. The summed E-state index contributed by atoms with van der Waals surface area (Å²) < 4.78 is 13.8. The lowest BCUT2D eigenvalue weighted by molar-refractivity contribution is -0.0816. The van der Waals surface area contributed by atoms with Crippen LogP contribution in [0, 0.1) is 6.92 Å². The summed E-state index contributed by atoms with van der Waals surface area (Å²) in [5.41, 5.74) is 3.32. The molecule has 7 heteroatoms. The molecule has 7 nitrogen and oxygen atoms in total. The van der Waals surface area contributed by atoms with Gasteiger partial charge in [-0.1, -0.05) is 6.07 Å². The molecule has 0 aromatic carbocycles. The fourth-order valence-corrected chi connectivity index (χ4v) is 3.95. The van der Waals surface area contributed by atoms with Gasteiger partial charge in [0.1, 0.15) is 11.8 Å². The molecular weight excluding hydrogens is 342 g/mol. The van der Waals surface area contributed by atoms with Crippen molar-refractivity contribution >= 4 is 11.6 Å². The SMILES string of the molecule is CN=C(NCCc1cn2cccc(C)c2n1)N1CCOC(C2CCCO2)C1. The first-order chi connectivity index (χ1) is 13.2. The number of aromatic nitrogens is 2. The highest BCUT2D eigenvalue weighted by molar-refractivity contribution is 5.80. The summed E-state index contributed by atoms with van der Waals surface area (Å²) in [6, 6.07) is 4.14. The molecule has 2 atom stereocenters. The molecular formula is C20H29N5O2. The van der Waals surface area contributed by atoms with E-state index in [1.165, 1.54) is 5.56 Å². The molecule has 2 aromatic heterocycles. The topological polar surface area (TPSA) is 63.4 Å². The van der Waals surface area contributed by atoms with Gasteiger partial charge in [0.2, 0.25) is 0 Å². The number of aryl methyl sites for hydroxylation is 1. The van der Waals surface area contributed by atoms with Crippen molar-refractivity contribution in [2.45, 2.75) is 38.4 Å². The van der Waals surface area contributed by atoms with Crippen LogP contribution in [0.4, 0.5) is 0 Å². The number of fused-ring (bicyclic) bond motifs is 1. The van der Waals surface area contributed by atoms with Crippen LogP contribution < -0.4 is 5.32 Å². The number of aliphatic imine (C=N–C) groups is 1. The van der Waals surface area contributed by atoms with E-state index in [2.05, 4.69) is 44.9 Å². The molecule has 4 heterocycles. The van der Waals surface area contributed by atoms with Crippen molar-refractivity contribution in [3.63, 3.8) is 0 Å². The van der Waals surface area contributed by atoms with Gasteiger partial charge in [0.25, 0.3) is 0 Å². The molecule has 2 aliphatic rings. The lowest BCUT2D eigenvalue weighted by Crippen LogP contribution is -2.53. The van der Waals surface area contributed by atoms with E-state index in [4.69, 9.17) is 14.5 Å². The average molecular weight is 371 g/mol. The summed E-state index contributed by atoms with van der Waals surface area (Å²) in [5.74, 6) is 0.932. The molecule has 0 aliphatic carbocycles. The van der Waals surface area contributed by atoms with Gasteiger partial charge in [-0.15, -0.1) is 0 Å². The second-order valence-electron chi connectivity index (χ2n) is 7.29. The molecule has 2 unspecified atom stereocenters. The van der Waals surface area contributed by atoms with Gasteiger partial charge in [0, 0.05) is 52.1 Å². The summed E-state index contributed by atoms with van der Waals surface area (Å²) in [4.78, 5) is 11.5. The number of rotatable bonds is 4. The minimum atomic E-state index is 0.140. The van der Waals surface area contributed by atoms with Crippen molar-refractivity contribution in [2.24, 2.45) is 4.99 Å². The Morgan fingerprint density at radius 3 is 3.00 bits per heavy atom. The van der Waals surface area contributed by atoms with Crippen molar-refractivity contribution in [3.05, 3.63) is 35.8 Å². The van der Waals surface area contributed by atoms with E-state index in [0.717, 1.165) is 69.4 Å². The van der Waals surface area contributed by atoms with Crippen molar-refractivity contribution in [2.75, 3.05) is 39.9 Å². The highest BCUT2D eigenvalue weighted by atomic mass is 16.5. The largest absolute Gasteiger partial charge is 0.375 e. The minimum absolute atomic E-state index is 0.140. The Labute approximate surface area is 160 Å². The molecule has 2 fully saturated rings. The third-order valence-corrected chi connectivity index (χ3v) is 5.38. The van der Waals surface area contributed by atoms with Crippen LogP contribution in [0.1, 0.15) is 24.1 Å². The van der Waals surface area contributed by atoms with Gasteiger partial charge in [-0.25, -0.2) is 4.98 Å². The molecule has 2 saturated heterocycles. The number of nitrogens with zero attached hydrogens (tertiary/aromatic N) is 4. The predicted octanol–water partition coefficient (Wildman–Crippen LogP) is 1.64. The van der Waals surface area contributed by atoms with Crippen LogP contribution in [0.3, 0.4) is 0 Å². The van der Waals surface area contributed by atoms with E-state index in [1.807, 2.05) is 13.2 Å². The van der Waals surface area contributed by atoms with Gasteiger partial charge in [0.05, 0.1) is 18.4 Å². The van der Waals surface area contributed by atoms with Gasteiger partial charge in [-0.05, 0) is 31.4 Å². The fraction of sp³-hybridized carbons (Fsp3) is 0.600. The molecule has 0 amide bonds. The summed E-state index contributed by atoms with van der Waals surface area (Å²) in [6.07, 6.45) is 7.61. The summed E-state index contributed by atoms with van der Waals surface area (Å²) >= 11 is 0. The first-order valence-corrected chi connectivity index (χ1v) is 9.86. The lowest BCUT2D eigenvalue weighted by atomic mass is 10.1. The number of ether oxygens (including phenoxy) is 2. The van der Waals surface area contributed by atoms with Gasteiger partial charge in [-0.3, -0.25) is 4.99 Å². The lowest BCUT2D eigenvalue weighted by Gasteiger charge is -2.37. The van der Waals surface area contributed by atoms with E-state index in [0.29, 0.717) is 0 Å².